The molecule has 0 saturated heterocycles. The van der Waals surface area contributed by atoms with Crippen LogP contribution in [0.2, 0.25) is 0 Å². The number of hydrogen-bond acceptors (Lipinski definition) is 6. The molecule has 2 aliphatic heterocycles. The summed E-state index contributed by atoms with van der Waals surface area (Å²) in [6.07, 6.45) is -0.284. The van der Waals surface area contributed by atoms with Gasteiger partial charge in [0.2, 0.25) is 0 Å². The van der Waals surface area contributed by atoms with Crippen LogP contribution >= 0.6 is 0 Å². The van der Waals surface area contributed by atoms with Gasteiger partial charge in [-0.2, -0.15) is 0 Å². The number of pyridine rings is 2. The molecule has 0 fully saturated rings. The SMILES string of the molecule is CCc1c2c(nc3ccccc13)-c1cc3c(c(=O)n1C2)COC(=O)[C@H]3OCO. The molecule has 7 nitrogen and oxygen atoms in total. The van der Waals surface area contributed by atoms with Crippen LogP contribution in [-0.4, -0.2) is 27.4 Å². The lowest BCUT2D eigenvalue weighted by Crippen LogP contribution is -2.33. The number of rotatable bonds is 3. The summed E-state index contributed by atoms with van der Waals surface area (Å²) in [5.41, 5.74) is 5.14. The number of cyclic esters (lactones) is 1. The molecule has 0 amide bonds. The monoisotopic (exact) mass is 378 g/mol. The predicted octanol–water partition coefficient (Wildman–Crippen LogP) is 2.05. The Morgan fingerprint density at radius 3 is 2.89 bits per heavy atom. The zero-order chi connectivity index (χ0) is 19.4. The third-order valence-electron chi connectivity index (χ3n) is 5.56. The van der Waals surface area contributed by atoms with Gasteiger partial charge in [0.05, 0.1) is 29.0 Å². The number of esters is 1. The number of aliphatic hydroxyl groups excluding tert-OH is 1. The van der Waals surface area contributed by atoms with E-state index in [2.05, 4.69) is 13.0 Å². The van der Waals surface area contributed by atoms with Gasteiger partial charge in [0.1, 0.15) is 13.4 Å². The Kier molecular flexibility index (Phi) is 3.82. The Labute approximate surface area is 160 Å². The lowest BCUT2D eigenvalue weighted by atomic mass is 9.97. The van der Waals surface area contributed by atoms with Crippen LogP contribution in [0.15, 0.2) is 35.1 Å². The molecule has 2 aliphatic rings. The fourth-order valence-electron chi connectivity index (χ4n) is 4.28. The van der Waals surface area contributed by atoms with E-state index in [1.807, 2.05) is 18.2 Å². The van der Waals surface area contributed by atoms with Crippen molar-refractivity contribution in [3.05, 3.63) is 62.9 Å². The minimum absolute atomic E-state index is 0.0923. The van der Waals surface area contributed by atoms with Crippen molar-refractivity contribution < 1.29 is 19.4 Å². The molecule has 3 aromatic rings. The van der Waals surface area contributed by atoms with Crippen molar-refractivity contribution in [2.75, 3.05) is 6.79 Å². The summed E-state index contributed by atoms with van der Waals surface area (Å²) in [4.78, 5) is 30.1. The normalized spacial score (nSPS) is 17.2. The van der Waals surface area contributed by atoms with Crippen LogP contribution in [-0.2, 0) is 33.8 Å². The van der Waals surface area contributed by atoms with E-state index >= 15 is 0 Å². The zero-order valence-corrected chi connectivity index (χ0v) is 15.3. The fraction of sp³-hybridized carbons (Fsp3) is 0.286. The van der Waals surface area contributed by atoms with Crippen LogP contribution in [0, 0.1) is 0 Å². The first-order chi connectivity index (χ1) is 13.6. The van der Waals surface area contributed by atoms with E-state index in [1.54, 1.807) is 10.6 Å². The van der Waals surface area contributed by atoms with Gasteiger partial charge in [-0.3, -0.25) is 4.79 Å². The average molecular weight is 378 g/mol. The Balaban J connectivity index is 1.79. The number of para-hydroxylation sites is 1. The van der Waals surface area contributed by atoms with E-state index in [0.717, 1.165) is 28.6 Å². The van der Waals surface area contributed by atoms with Gasteiger partial charge in [0, 0.05) is 16.5 Å². The zero-order valence-electron chi connectivity index (χ0n) is 15.3. The number of aromatic nitrogens is 2. The summed E-state index contributed by atoms with van der Waals surface area (Å²) in [6.45, 7) is 1.80. The third-order valence-corrected chi connectivity index (χ3v) is 5.56. The molecule has 1 N–H and O–H groups in total. The summed E-state index contributed by atoms with van der Waals surface area (Å²) in [5.74, 6) is -0.607. The second-order valence-electron chi connectivity index (χ2n) is 6.93. The van der Waals surface area contributed by atoms with Gasteiger partial charge >= 0.3 is 5.97 Å². The minimum Gasteiger partial charge on any atom is -0.458 e. The summed E-state index contributed by atoms with van der Waals surface area (Å²) < 4.78 is 11.9. The van der Waals surface area contributed by atoms with Crippen molar-refractivity contribution >= 4 is 16.9 Å². The quantitative estimate of drug-likeness (QED) is 0.433. The van der Waals surface area contributed by atoms with Crippen molar-refractivity contribution in [3.63, 3.8) is 0 Å². The largest absolute Gasteiger partial charge is 0.458 e. The lowest BCUT2D eigenvalue weighted by Gasteiger charge is -2.24. The molecule has 1 aromatic carbocycles. The van der Waals surface area contributed by atoms with Crippen LogP contribution in [0.4, 0.5) is 0 Å². The van der Waals surface area contributed by atoms with Gasteiger partial charge in [-0.1, -0.05) is 25.1 Å². The summed E-state index contributed by atoms with van der Waals surface area (Å²) in [5, 5.41) is 10.2. The number of aryl methyl sites for hydroxylation is 1. The van der Waals surface area contributed by atoms with Gasteiger partial charge in [0.15, 0.2) is 6.10 Å². The minimum atomic E-state index is -1.11. The Bertz CT molecular complexity index is 1200. The van der Waals surface area contributed by atoms with Gasteiger partial charge in [0.25, 0.3) is 5.56 Å². The topological polar surface area (TPSA) is 90.7 Å². The molecule has 0 saturated carbocycles. The molecule has 2 aromatic heterocycles. The van der Waals surface area contributed by atoms with Gasteiger partial charge in [-0.25, -0.2) is 9.78 Å². The van der Waals surface area contributed by atoms with Crippen LogP contribution < -0.4 is 5.56 Å². The average Bonchev–Trinajstić information content (AvgIpc) is 3.07. The Hall–Kier alpha value is -3.03. The van der Waals surface area contributed by atoms with Crippen LogP contribution in [0.5, 0.6) is 0 Å². The van der Waals surface area contributed by atoms with Crippen LogP contribution in [0.25, 0.3) is 22.3 Å². The highest BCUT2D eigenvalue weighted by Gasteiger charge is 2.36. The van der Waals surface area contributed by atoms with E-state index in [1.165, 1.54) is 5.56 Å². The third kappa shape index (κ3) is 2.26. The maximum atomic E-state index is 13.1. The standard InChI is InChI=1S/C21H18N2O5/c1-2-11-12-5-3-4-6-16(12)22-18-14(11)8-23-17(18)7-13-15(20(23)25)9-27-21(26)19(13)28-10-24/h3-7,19,24H,2,8-10H2,1H3/t19-/m0/s1. The lowest BCUT2D eigenvalue weighted by molar-refractivity contribution is -0.168. The molecule has 28 heavy (non-hydrogen) atoms. The van der Waals surface area contributed by atoms with Crippen LogP contribution in [0.1, 0.15) is 35.3 Å². The molecule has 7 heteroatoms. The molecule has 0 radical (unpaired) electrons. The molecule has 4 heterocycles. The number of benzene rings is 1. The molecular formula is C21H18N2O5. The summed E-state index contributed by atoms with van der Waals surface area (Å²) in [6, 6.07) is 9.73. The maximum absolute atomic E-state index is 13.1. The summed E-state index contributed by atoms with van der Waals surface area (Å²) >= 11 is 0. The molecule has 5 rings (SSSR count). The van der Waals surface area contributed by atoms with Crippen molar-refractivity contribution in [1.29, 1.82) is 0 Å². The molecule has 142 valence electrons. The second-order valence-corrected chi connectivity index (χ2v) is 6.93. The maximum Gasteiger partial charge on any atom is 0.340 e. The number of aliphatic hydroxyl groups is 1. The molecule has 0 unspecified atom stereocenters. The Morgan fingerprint density at radius 2 is 2.11 bits per heavy atom. The molecule has 0 spiro atoms. The van der Waals surface area contributed by atoms with E-state index in [-0.39, 0.29) is 12.2 Å². The van der Waals surface area contributed by atoms with E-state index in [9.17, 15) is 9.59 Å². The van der Waals surface area contributed by atoms with Crippen LogP contribution in [0.3, 0.4) is 0 Å². The number of fused-ring (bicyclic) bond motifs is 5. The summed E-state index contributed by atoms with van der Waals surface area (Å²) in [7, 11) is 0. The van der Waals surface area contributed by atoms with Gasteiger partial charge in [-0.05, 0) is 24.1 Å². The first kappa shape index (κ1) is 17.1. The first-order valence-corrected chi connectivity index (χ1v) is 9.20. The molecular weight excluding hydrogens is 360 g/mol. The molecule has 0 bridgehead atoms. The number of hydrogen-bond donors (Lipinski definition) is 1. The van der Waals surface area contributed by atoms with E-state index < -0.39 is 18.9 Å². The number of nitrogens with zero attached hydrogens (tertiary/aromatic N) is 2. The van der Waals surface area contributed by atoms with Crippen molar-refractivity contribution in [3.8, 4) is 11.4 Å². The van der Waals surface area contributed by atoms with Gasteiger partial charge in [-0.15, -0.1) is 0 Å². The predicted molar refractivity (Wildman–Crippen MR) is 101 cm³/mol. The number of carbonyl (C=O) groups is 1. The van der Waals surface area contributed by atoms with Crippen molar-refractivity contribution in [2.45, 2.75) is 32.6 Å². The highest BCUT2D eigenvalue weighted by molar-refractivity contribution is 5.88. The van der Waals surface area contributed by atoms with E-state index in [0.29, 0.717) is 23.4 Å². The number of carbonyl (C=O) groups excluding carboxylic acids is 1. The second kappa shape index (κ2) is 6.25. The van der Waals surface area contributed by atoms with Crippen molar-refractivity contribution in [2.24, 2.45) is 0 Å². The molecule has 0 aliphatic carbocycles. The highest BCUT2D eigenvalue weighted by Crippen LogP contribution is 2.38. The van der Waals surface area contributed by atoms with E-state index in [4.69, 9.17) is 19.6 Å². The number of ether oxygens (including phenoxy) is 2. The highest BCUT2D eigenvalue weighted by atomic mass is 16.6. The first-order valence-electron chi connectivity index (χ1n) is 9.20. The Morgan fingerprint density at radius 1 is 1.29 bits per heavy atom. The van der Waals surface area contributed by atoms with Gasteiger partial charge < -0.3 is 19.1 Å². The molecule has 1 atom stereocenters. The van der Waals surface area contributed by atoms with Crippen molar-refractivity contribution in [1.82, 2.24) is 9.55 Å². The fourth-order valence-corrected chi connectivity index (χ4v) is 4.28. The smallest absolute Gasteiger partial charge is 0.340 e.